The normalized spacial score (nSPS) is 16.3. The monoisotopic (exact) mass is 642 g/mol. The Kier molecular flexibility index (Phi) is 9.69. The quantitative estimate of drug-likeness (QED) is 0.322. The molecule has 0 radical (unpaired) electrons. The zero-order valence-corrected chi connectivity index (χ0v) is 27.7. The van der Waals surface area contributed by atoms with Crippen molar-refractivity contribution >= 4 is 35.2 Å². The first kappa shape index (κ1) is 33.6. The van der Waals surface area contributed by atoms with E-state index >= 15 is 0 Å². The highest BCUT2D eigenvalue weighted by molar-refractivity contribution is 6.08. The second kappa shape index (κ2) is 13.5. The standard InChI is InChI=1S/C36H42N4O7/c1-24(31(41)37-20-25-13-9-7-10-14-25)40(32(42)27-22-38(23-27)34(44)47-35(2,3)4)28-17-18-30-29(19-28)36(45-5,46-6)33(43)39(30)21-26-15-11-8-12-16-26/h7-19,24,27H,20-23H2,1-6H3,(H,37,41). The predicted molar refractivity (Wildman–Crippen MR) is 176 cm³/mol. The van der Waals surface area contributed by atoms with Crippen LogP contribution in [0.3, 0.4) is 0 Å². The van der Waals surface area contributed by atoms with Crippen LogP contribution in [0.4, 0.5) is 16.2 Å². The molecule has 1 atom stereocenters. The highest BCUT2D eigenvalue weighted by Gasteiger charge is 2.53. The number of carbonyl (C=O) groups excluding carboxylic acids is 4. The summed E-state index contributed by atoms with van der Waals surface area (Å²) in [5.74, 6) is -3.42. The van der Waals surface area contributed by atoms with Crippen molar-refractivity contribution in [3.63, 3.8) is 0 Å². The van der Waals surface area contributed by atoms with Crippen molar-refractivity contribution in [1.29, 1.82) is 0 Å². The maximum absolute atomic E-state index is 14.2. The third-order valence-corrected chi connectivity index (χ3v) is 8.39. The summed E-state index contributed by atoms with van der Waals surface area (Å²) in [4.78, 5) is 58.8. The minimum absolute atomic E-state index is 0.150. The van der Waals surface area contributed by atoms with Gasteiger partial charge in [-0.3, -0.25) is 19.3 Å². The SMILES string of the molecule is COC1(OC)C(=O)N(Cc2ccccc2)c2ccc(N(C(=O)C3CN(C(=O)OC(C)(C)C)C3)C(C)C(=O)NCc3ccccc3)cc21. The van der Waals surface area contributed by atoms with Gasteiger partial charge in [-0.05, 0) is 57.0 Å². The van der Waals surface area contributed by atoms with Crippen LogP contribution in [0.5, 0.6) is 0 Å². The number of methoxy groups -OCH3 is 2. The van der Waals surface area contributed by atoms with Gasteiger partial charge >= 0.3 is 6.09 Å². The molecule has 0 aromatic heterocycles. The molecule has 0 aliphatic carbocycles. The Morgan fingerprint density at radius 2 is 1.53 bits per heavy atom. The van der Waals surface area contributed by atoms with Crippen LogP contribution in [0.1, 0.15) is 44.4 Å². The number of rotatable bonds is 10. The van der Waals surface area contributed by atoms with Gasteiger partial charge in [0.25, 0.3) is 11.7 Å². The Balaban J connectivity index is 1.47. The maximum atomic E-state index is 14.2. The second-order valence-electron chi connectivity index (χ2n) is 12.8. The molecule has 11 nitrogen and oxygen atoms in total. The minimum atomic E-state index is -1.75. The van der Waals surface area contributed by atoms with Crippen molar-refractivity contribution in [2.75, 3.05) is 37.1 Å². The molecule has 2 aliphatic rings. The lowest BCUT2D eigenvalue weighted by atomic mass is 9.96. The van der Waals surface area contributed by atoms with Gasteiger partial charge in [0, 0.05) is 45.1 Å². The molecule has 2 aliphatic heterocycles. The summed E-state index contributed by atoms with van der Waals surface area (Å²) < 4.78 is 17.0. The zero-order chi connectivity index (χ0) is 33.9. The van der Waals surface area contributed by atoms with Gasteiger partial charge in [-0.25, -0.2) is 4.79 Å². The van der Waals surface area contributed by atoms with Crippen LogP contribution in [-0.2, 0) is 47.5 Å². The largest absolute Gasteiger partial charge is 0.444 e. The molecule has 0 bridgehead atoms. The summed E-state index contributed by atoms with van der Waals surface area (Å²) in [5, 5.41) is 2.93. The van der Waals surface area contributed by atoms with E-state index in [9.17, 15) is 19.2 Å². The van der Waals surface area contributed by atoms with E-state index in [1.165, 1.54) is 24.0 Å². The molecule has 0 saturated carbocycles. The lowest BCUT2D eigenvalue weighted by molar-refractivity contribution is -0.209. The van der Waals surface area contributed by atoms with Crippen molar-refractivity contribution < 1.29 is 33.4 Å². The first-order valence-corrected chi connectivity index (χ1v) is 15.6. The van der Waals surface area contributed by atoms with Crippen molar-refractivity contribution in [3.05, 3.63) is 95.6 Å². The maximum Gasteiger partial charge on any atom is 0.410 e. The second-order valence-corrected chi connectivity index (χ2v) is 12.8. The van der Waals surface area contributed by atoms with Gasteiger partial charge in [-0.15, -0.1) is 0 Å². The van der Waals surface area contributed by atoms with E-state index in [0.717, 1.165) is 11.1 Å². The molecular formula is C36H42N4O7. The Labute approximate surface area is 275 Å². The van der Waals surface area contributed by atoms with E-state index in [2.05, 4.69) is 5.32 Å². The lowest BCUT2D eigenvalue weighted by Gasteiger charge is -2.42. The number of ether oxygens (including phenoxy) is 3. The van der Waals surface area contributed by atoms with E-state index in [1.54, 1.807) is 50.8 Å². The summed E-state index contributed by atoms with van der Waals surface area (Å²) in [6.45, 7) is 7.87. The first-order valence-electron chi connectivity index (χ1n) is 15.6. The number of fused-ring (bicyclic) bond motifs is 1. The first-order chi connectivity index (χ1) is 22.4. The fraction of sp³-hybridized carbons (Fsp3) is 0.389. The van der Waals surface area contributed by atoms with Crippen LogP contribution in [0, 0.1) is 5.92 Å². The van der Waals surface area contributed by atoms with Gasteiger partial charge in [0.2, 0.25) is 11.8 Å². The Bertz CT molecular complexity index is 1610. The van der Waals surface area contributed by atoms with Crippen LogP contribution in [0.25, 0.3) is 0 Å². The summed E-state index contributed by atoms with van der Waals surface area (Å²) in [6.07, 6.45) is -0.499. The van der Waals surface area contributed by atoms with Gasteiger partial charge in [-0.1, -0.05) is 60.7 Å². The van der Waals surface area contributed by atoms with Crippen molar-refractivity contribution in [3.8, 4) is 0 Å². The number of hydrogen-bond acceptors (Lipinski definition) is 7. The summed E-state index contributed by atoms with van der Waals surface area (Å²) >= 11 is 0. The van der Waals surface area contributed by atoms with Gasteiger partial charge in [0.15, 0.2) is 0 Å². The van der Waals surface area contributed by atoms with E-state index in [-0.39, 0.29) is 38.0 Å². The molecule has 2 heterocycles. The molecular weight excluding hydrogens is 600 g/mol. The number of nitrogens with one attached hydrogen (secondary N) is 1. The van der Waals surface area contributed by atoms with E-state index < -0.39 is 35.3 Å². The van der Waals surface area contributed by atoms with Gasteiger partial charge < -0.3 is 29.3 Å². The molecule has 1 fully saturated rings. The van der Waals surface area contributed by atoms with E-state index in [0.29, 0.717) is 16.9 Å². The number of likely N-dealkylation sites (tertiary alicyclic amines) is 1. The molecule has 1 unspecified atom stereocenters. The zero-order valence-electron chi connectivity index (χ0n) is 27.7. The molecule has 4 amide bonds. The van der Waals surface area contributed by atoms with E-state index in [4.69, 9.17) is 14.2 Å². The molecule has 1 N–H and O–H groups in total. The van der Waals surface area contributed by atoms with Gasteiger partial charge in [0.05, 0.1) is 18.2 Å². The van der Waals surface area contributed by atoms with Crippen LogP contribution in [-0.4, -0.2) is 67.7 Å². The van der Waals surface area contributed by atoms with E-state index in [1.807, 2.05) is 60.7 Å². The summed E-state index contributed by atoms with van der Waals surface area (Å²) in [6, 6.07) is 23.2. The van der Waals surface area contributed by atoms with Crippen LogP contribution < -0.4 is 15.1 Å². The Morgan fingerprint density at radius 3 is 2.11 bits per heavy atom. The topological polar surface area (TPSA) is 118 Å². The highest BCUT2D eigenvalue weighted by Crippen LogP contribution is 2.46. The summed E-state index contributed by atoms with van der Waals surface area (Å²) in [5.41, 5.74) is 2.53. The number of nitrogens with zero attached hydrogens (tertiary/aromatic N) is 3. The Morgan fingerprint density at radius 1 is 0.936 bits per heavy atom. The fourth-order valence-corrected chi connectivity index (χ4v) is 5.87. The number of benzene rings is 3. The number of hydrogen-bond donors (Lipinski definition) is 1. The fourth-order valence-electron chi connectivity index (χ4n) is 5.87. The molecule has 47 heavy (non-hydrogen) atoms. The van der Waals surface area contributed by atoms with Crippen molar-refractivity contribution in [2.24, 2.45) is 5.92 Å². The van der Waals surface area contributed by atoms with Gasteiger partial charge in [-0.2, -0.15) is 0 Å². The molecule has 3 aromatic carbocycles. The molecule has 3 aromatic rings. The van der Waals surface area contributed by atoms with Gasteiger partial charge in [0.1, 0.15) is 11.6 Å². The third kappa shape index (κ3) is 6.86. The highest BCUT2D eigenvalue weighted by atomic mass is 16.7. The number of amides is 4. The number of carbonyl (C=O) groups is 4. The average Bonchev–Trinajstić information content (AvgIpc) is 3.25. The van der Waals surface area contributed by atoms with Crippen molar-refractivity contribution in [1.82, 2.24) is 10.2 Å². The molecule has 11 heteroatoms. The molecule has 0 spiro atoms. The third-order valence-electron chi connectivity index (χ3n) is 8.39. The Hall–Kier alpha value is -4.74. The molecule has 248 valence electrons. The lowest BCUT2D eigenvalue weighted by Crippen LogP contribution is -2.60. The summed E-state index contributed by atoms with van der Waals surface area (Å²) in [7, 11) is 2.79. The van der Waals surface area contributed by atoms with Crippen LogP contribution >= 0.6 is 0 Å². The predicted octanol–water partition coefficient (Wildman–Crippen LogP) is 4.58. The smallest absolute Gasteiger partial charge is 0.410 e. The molecule has 1 saturated heterocycles. The van der Waals surface area contributed by atoms with Crippen LogP contribution in [0.15, 0.2) is 78.9 Å². The minimum Gasteiger partial charge on any atom is -0.444 e. The van der Waals surface area contributed by atoms with Crippen LogP contribution in [0.2, 0.25) is 0 Å². The molecule has 5 rings (SSSR count). The average molecular weight is 643 g/mol. The van der Waals surface area contributed by atoms with Crippen molar-refractivity contribution in [2.45, 2.75) is 58.2 Å². The number of anilines is 2.